The van der Waals surface area contributed by atoms with Gasteiger partial charge in [0.15, 0.2) is 0 Å². The summed E-state index contributed by atoms with van der Waals surface area (Å²) in [6.07, 6.45) is 0. The molecule has 1 atom stereocenters. The van der Waals surface area contributed by atoms with Crippen molar-refractivity contribution in [3.63, 3.8) is 0 Å². The molecule has 12 heavy (non-hydrogen) atoms. The van der Waals surface area contributed by atoms with E-state index >= 15 is 0 Å². The van der Waals surface area contributed by atoms with Crippen LogP contribution < -0.4 is 5.73 Å². The molecule has 3 N–H and O–H groups in total. The van der Waals surface area contributed by atoms with Crippen LogP contribution in [0.3, 0.4) is 0 Å². The van der Waals surface area contributed by atoms with Gasteiger partial charge in [0.2, 0.25) is 0 Å². The second-order valence-electron chi connectivity index (χ2n) is 3.08. The fourth-order valence-corrected chi connectivity index (χ4v) is 0.981. The van der Waals surface area contributed by atoms with Crippen LogP contribution in [-0.4, -0.2) is 23.9 Å². The van der Waals surface area contributed by atoms with Gasteiger partial charge in [0.05, 0.1) is 5.69 Å². The third kappa shape index (κ3) is 1.49. The Kier molecular flexibility index (Phi) is 2.49. The fraction of sp³-hybridized carbons (Fsp3) is 0.625. The molecule has 0 aliphatic heterocycles. The third-order valence-corrected chi connectivity index (χ3v) is 2.09. The second kappa shape index (κ2) is 3.25. The predicted octanol–water partition coefficient (Wildman–Crippen LogP) is 0.538. The molecular weight excluding hydrogens is 154 g/mol. The standard InChI is InChI=1S/C8H15N3O/c1-6-4-7(11-10-6)8(2,5-9)12-3/h4H,5,9H2,1-3H3,(H,10,11). The molecule has 0 aliphatic rings. The van der Waals surface area contributed by atoms with E-state index < -0.39 is 5.60 Å². The van der Waals surface area contributed by atoms with E-state index in [4.69, 9.17) is 10.5 Å². The molecule has 1 aromatic heterocycles. The SMILES string of the molecule is COC(C)(CN)c1cc(C)[nH]n1. The lowest BCUT2D eigenvalue weighted by Crippen LogP contribution is -2.34. The van der Waals surface area contributed by atoms with Crippen LogP contribution >= 0.6 is 0 Å². The first-order valence-corrected chi connectivity index (χ1v) is 3.90. The van der Waals surface area contributed by atoms with E-state index in [1.54, 1.807) is 7.11 Å². The molecule has 1 aromatic rings. The van der Waals surface area contributed by atoms with Gasteiger partial charge < -0.3 is 10.5 Å². The number of ether oxygens (including phenoxy) is 1. The summed E-state index contributed by atoms with van der Waals surface area (Å²) in [4.78, 5) is 0. The quantitative estimate of drug-likeness (QED) is 0.694. The summed E-state index contributed by atoms with van der Waals surface area (Å²) < 4.78 is 5.28. The molecule has 0 radical (unpaired) electrons. The summed E-state index contributed by atoms with van der Waals surface area (Å²) in [7, 11) is 1.64. The number of rotatable bonds is 3. The van der Waals surface area contributed by atoms with Gasteiger partial charge >= 0.3 is 0 Å². The average molecular weight is 169 g/mol. The van der Waals surface area contributed by atoms with Crippen molar-refractivity contribution in [3.05, 3.63) is 17.5 Å². The molecule has 1 rings (SSSR count). The maximum absolute atomic E-state index is 5.58. The summed E-state index contributed by atoms with van der Waals surface area (Å²) in [6.45, 7) is 4.29. The first kappa shape index (κ1) is 9.22. The fourth-order valence-electron chi connectivity index (χ4n) is 0.981. The minimum atomic E-state index is -0.468. The van der Waals surface area contributed by atoms with Crippen molar-refractivity contribution in [2.24, 2.45) is 5.73 Å². The summed E-state index contributed by atoms with van der Waals surface area (Å²) in [5, 5.41) is 6.96. The Labute approximate surface area is 72.1 Å². The zero-order chi connectivity index (χ0) is 9.19. The van der Waals surface area contributed by atoms with E-state index in [9.17, 15) is 0 Å². The van der Waals surface area contributed by atoms with E-state index in [0.29, 0.717) is 6.54 Å². The summed E-state index contributed by atoms with van der Waals surface area (Å²) in [5.41, 5.74) is 6.98. The first-order valence-electron chi connectivity index (χ1n) is 3.90. The number of nitrogens with zero attached hydrogens (tertiary/aromatic N) is 1. The lowest BCUT2D eigenvalue weighted by Gasteiger charge is -2.23. The Hall–Kier alpha value is -0.870. The third-order valence-electron chi connectivity index (χ3n) is 2.09. The molecular formula is C8H15N3O. The molecule has 1 heterocycles. The van der Waals surface area contributed by atoms with Gasteiger partial charge in [0.1, 0.15) is 5.60 Å². The summed E-state index contributed by atoms with van der Waals surface area (Å²) in [6, 6.07) is 1.94. The molecule has 1 unspecified atom stereocenters. The number of aromatic nitrogens is 2. The molecule has 68 valence electrons. The van der Waals surface area contributed by atoms with Gasteiger partial charge in [-0.3, -0.25) is 5.10 Å². The topological polar surface area (TPSA) is 63.9 Å². The van der Waals surface area contributed by atoms with Crippen molar-refractivity contribution in [1.82, 2.24) is 10.2 Å². The molecule has 4 nitrogen and oxygen atoms in total. The zero-order valence-corrected chi connectivity index (χ0v) is 7.72. The van der Waals surface area contributed by atoms with Crippen LogP contribution in [0, 0.1) is 6.92 Å². The van der Waals surface area contributed by atoms with Crippen molar-refractivity contribution in [2.45, 2.75) is 19.4 Å². The highest BCUT2D eigenvalue weighted by atomic mass is 16.5. The van der Waals surface area contributed by atoms with Gasteiger partial charge in [-0.2, -0.15) is 5.10 Å². The Morgan fingerprint density at radius 1 is 1.75 bits per heavy atom. The highest BCUT2D eigenvalue weighted by Gasteiger charge is 2.26. The van der Waals surface area contributed by atoms with Crippen molar-refractivity contribution in [2.75, 3.05) is 13.7 Å². The normalized spacial score (nSPS) is 16.0. The molecule has 0 bridgehead atoms. The Balaban J connectivity index is 2.94. The number of aryl methyl sites for hydroxylation is 1. The van der Waals surface area contributed by atoms with Crippen LogP contribution in [0.15, 0.2) is 6.07 Å². The van der Waals surface area contributed by atoms with Crippen molar-refractivity contribution in [3.8, 4) is 0 Å². The monoisotopic (exact) mass is 169 g/mol. The molecule has 0 spiro atoms. The number of H-pyrrole nitrogens is 1. The maximum Gasteiger partial charge on any atom is 0.121 e. The van der Waals surface area contributed by atoms with Crippen LogP contribution in [0.25, 0.3) is 0 Å². The summed E-state index contributed by atoms with van der Waals surface area (Å²) in [5.74, 6) is 0. The van der Waals surface area contributed by atoms with Crippen molar-refractivity contribution >= 4 is 0 Å². The van der Waals surface area contributed by atoms with Gasteiger partial charge in [-0.15, -0.1) is 0 Å². The number of nitrogens with one attached hydrogen (secondary N) is 1. The number of hydrogen-bond acceptors (Lipinski definition) is 3. The number of aromatic amines is 1. The molecule has 0 saturated heterocycles. The Bertz CT molecular complexity index is 253. The number of nitrogens with two attached hydrogens (primary N) is 1. The minimum Gasteiger partial charge on any atom is -0.371 e. The van der Waals surface area contributed by atoms with E-state index in [1.807, 2.05) is 19.9 Å². The lowest BCUT2D eigenvalue weighted by molar-refractivity contribution is 0.00637. The number of hydrogen-bond donors (Lipinski definition) is 2. The lowest BCUT2D eigenvalue weighted by atomic mass is 10.0. The molecule has 0 amide bonds. The van der Waals surface area contributed by atoms with Gasteiger partial charge in [-0.25, -0.2) is 0 Å². The summed E-state index contributed by atoms with van der Waals surface area (Å²) >= 11 is 0. The minimum absolute atomic E-state index is 0.424. The average Bonchev–Trinajstić information content (AvgIpc) is 2.51. The van der Waals surface area contributed by atoms with Crippen molar-refractivity contribution < 1.29 is 4.74 Å². The highest BCUT2D eigenvalue weighted by molar-refractivity contribution is 5.14. The van der Waals surface area contributed by atoms with Crippen LogP contribution in [-0.2, 0) is 10.3 Å². The number of methoxy groups -OCH3 is 1. The predicted molar refractivity (Wildman–Crippen MR) is 46.7 cm³/mol. The van der Waals surface area contributed by atoms with E-state index in [0.717, 1.165) is 11.4 Å². The van der Waals surface area contributed by atoms with Gasteiger partial charge in [0, 0.05) is 19.3 Å². The van der Waals surface area contributed by atoms with Gasteiger partial charge in [-0.05, 0) is 19.9 Å². The second-order valence-corrected chi connectivity index (χ2v) is 3.08. The Morgan fingerprint density at radius 2 is 2.42 bits per heavy atom. The molecule has 0 fully saturated rings. The molecule has 0 aliphatic carbocycles. The smallest absolute Gasteiger partial charge is 0.121 e. The van der Waals surface area contributed by atoms with Gasteiger partial charge in [-0.1, -0.05) is 0 Å². The molecule has 0 aromatic carbocycles. The van der Waals surface area contributed by atoms with Crippen LogP contribution in [0.5, 0.6) is 0 Å². The largest absolute Gasteiger partial charge is 0.371 e. The van der Waals surface area contributed by atoms with E-state index in [1.165, 1.54) is 0 Å². The van der Waals surface area contributed by atoms with Gasteiger partial charge in [0.25, 0.3) is 0 Å². The maximum atomic E-state index is 5.58. The zero-order valence-electron chi connectivity index (χ0n) is 7.72. The van der Waals surface area contributed by atoms with Crippen LogP contribution in [0.1, 0.15) is 18.3 Å². The molecule has 4 heteroatoms. The Morgan fingerprint density at radius 3 is 2.75 bits per heavy atom. The highest BCUT2D eigenvalue weighted by Crippen LogP contribution is 2.21. The van der Waals surface area contributed by atoms with Crippen LogP contribution in [0.4, 0.5) is 0 Å². The molecule has 0 saturated carbocycles. The van der Waals surface area contributed by atoms with E-state index in [-0.39, 0.29) is 0 Å². The van der Waals surface area contributed by atoms with E-state index in [2.05, 4.69) is 10.2 Å². The van der Waals surface area contributed by atoms with Crippen LogP contribution in [0.2, 0.25) is 0 Å². The first-order chi connectivity index (χ1) is 5.62. The van der Waals surface area contributed by atoms with Crippen molar-refractivity contribution in [1.29, 1.82) is 0 Å².